The zero-order valence-corrected chi connectivity index (χ0v) is 9.01. The third-order valence-corrected chi connectivity index (χ3v) is 2.62. The van der Waals surface area contributed by atoms with Crippen LogP contribution in [0.2, 0.25) is 0 Å². The lowest BCUT2D eigenvalue weighted by atomic mass is 10.3. The van der Waals surface area contributed by atoms with E-state index in [-0.39, 0.29) is 17.9 Å². The largest absolute Gasteiger partial charge is 0.325 e. The fourth-order valence-electron chi connectivity index (χ4n) is 1.81. The lowest BCUT2D eigenvalue weighted by molar-refractivity contribution is 0.0992. The maximum Gasteiger partial charge on any atom is 0.325 e. The van der Waals surface area contributed by atoms with Gasteiger partial charge in [0, 0.05) is 18.6 Å². The number of aromatic nitrogens is 4. The number of hydrogen-bond acceptors (Lipinski definition) is 5. The maximum absolute atomic E-state index is 12.0. The van der Waals surface area contributed by atoms with Crippen molar-refractivity contribution in [2.75, 3.05) is 4.90 Å². The molecule has 0 saturated heterocycles. The highest BCUT2D eigenvalue weighted by molar-refractivity contribution is 6.07. The number of fused-ring (bicyclic) bond motifs is 1. The summed E-state index contributed by atoms with van der Waals surface area (Å²) in [6.45, 7) is 0.164. The van der Waals surface area contributed by atoms with Gasteiger partial charge in [0.05, 0.1) is 12.2 Å². The van der Waals surface area contributed by atoms with E-state index in [2.05, 4.69) is 19.9 Å². The summed E-state index contributed by atoms with van der Waals surface area (Å²) in [5.74, 6) is -0.407. The van der Waals surface area contributed by atoms with Gasteiger partial charge in [-0.3, -0.25) is 24.5 Å². The molecule has 0 unspecified atom stereocenters. The van der Waals surface area contributed by atoms with E-state index >= 15 is 0 Å². The van der Waals surface area contributed by atoms with Crippen molar-refractivity contribution in [1.29, 1.82) is 0 Å². The zero-order chi connectivity index (χ0) is 12.7. The molecule has 0 bridgehead atoms. The van der Waals surface area contributed by atoms with Gasteiger partial charge in [-0.15, -0.1) is 0 Å². The second-order valence-corrected chi connectivity index (χ2v) is 3.70. The fraction of sp³-hybridized carbons (Fsp3) is 0.100. The van der Waals surface area contributed by atoms with Gasteiger partial charge < -0.3 is 4.98 Å². The topological polar surface area (TPSA) is 112 Å². The molecule has 0 fully saturated rings. The summed E-state index contributed by atoms with van der Waals surface area (Å²) in [5, 5.41) is 0. The third kappa shape index (κ3) is 1.43. The van der Waals surface area contributed by atoms with Crippen LogP contribution >= 0.6 is 0 Å². The van der Waals surface area contributed by atoms with Crippen LogP contribution in [0.3, 0.4) is 0 Å². The average Bonchev–Trinajstić information content (AvgIpc) is 2.68. The Balaban J connectivity index is 2.09. The monoisotopic (exact) mass is 245 g/mol. The van der Waals surface area contributed by atoms with E-state index in [1.165, 1.54) is 23.5 Å². The van der Waals surface area contributed by atoms with E-state index in [1.54, 1.807) is 0 Å². The Morgan fingerprint density at radius 3 is 2.67 bits per heavy atom. The first-order valence-corrected chi connectivity index (χ1v) is 5.10. The first-order chi connectivity index (χ1) is 8.66. The molecule has 0 saturated carbocycles. The Bertz CT molecular complexity index is 747. The van der Waals surface area contributed by atoms with E-state index in [4.69, 9.17) is 0 Å². The van der Waals surface area contributed by atoms with Gasteiger partial charge >= 0.3 is 5.69 Å². The van der Waals surface area contributed by atoms with Crippen molar-refractivity contribution in [1.82, 2.24) is 19.9 Å². The summed E-state index contributed by atoms with van der Waals surface area (Å²) in [4.78, 5) is 48.1. The van der Waals surface area contributed by atoms with Gasteiger partial charge in [0.15, 0.2) is 5.69 Å². The second kappa shape index (κ2) is 3.62. The first-order valence-electron chi connectivity index (χ1n) is 5.10. The summed E-state index contributed by atoms with van der Waals surface area (Å²) >= 11 is 0. The molecule has 3 heterocycles. The number of amides is 1. The number of carbonyl (C=O) groups excluding carboxylic acids is 1. The van der Waals surface area contributed by atoms with Gasteiger partial charge in [0.2, 0.25) is 0 Å². The van der Waals surface area contributed by atoms with E-state index in [0.29, 0.717) is 5.69 Å². The SMILES string of the molecule is O=C1c2nccnc2CN1c1c[nH]c(=O)[nH]c1=O. The molecule has 0 atom stereocenters. The molecule has 0 aromatic carbocycles. The molecule has 2 aromatic heterocycles. The van der Waals surface area contributed by atoms with Gasteiger partial charge in [-0.05, 0) is 0 Å². The molecule has 1 aliphatic heterocycles. The summed E-state index contributed by atoms with van der Waals surface area (Å²) in [7, 11) is 0. The molecule has 1 amide bonds. The summed E-state index contributed by atoms with van der Waals surface area (Å²) in [6, 6.07) is 0. The molecular weight excluding hydrogens is 238 g/mol. The van der Waals surface area contributed by atoms with Crippen LogP contribution < -0.4 is 16.1 Å². The molecule has 0 spiro atoms. The molecule has 0 radical (unpaired) electrons. The average molecular weight is 245 g/mol. The first kappa shape index (κ1) is 10.4. The summed E-state index contributed by atoms with van der Waals surface area (Å²) < 4.78 is 0. The molecule has 1 aliphatic rings. The highest BCUT2D eigenvalue weighted by Gasteiger charge is 2.32. The standard InChI is InChI=1S/C10H7N5O3/c16-8-6(3-13-10(18)14-8)15-4-5-7(9(15)17)12-2-1-11-5/h1-3H,4H2,(H2,13,14,16,18). The Labute approximate surface area is 99.3 Å². The van der Waals surface area contributed by atoms with Gasteiger partial charge in [0.1, 0.15) is 5.69 Å². The van der Waals surface area contributed by atoms with E-state index in [0.717, 1.165) is 0 Å². The van der Waals surface area contributed by atoms with Crippen molar-refractivity contribution >= 4 is 11.6 Å². The number of rotatable bonds is 1. The second-order valence-electron chi connectivity index (χ2n) is 3.70. The molecule has 2 aromatic rings. The van der Waals surface area contributed by atoms with Gasteiger partial charge in [-0.2, -0.15) is 0 Å². The number of carbonyl (C=O) groups is 1. The smallest absolute Gasteiger partial charge is 0.312 e. The van der Waals surface area contributed by atoms with Crippen LogP contribution in [0.15, 0.2) is 28.2 Å². The summed E-state index contributed by atoms with van der Waals surface area (Å²) in [5.41, 5.74) is -0.445. The van der Waals surface area contributed by atoms with Crippen molar-refractivity contribution in [3.05, 3.63) is 50.8 Å². The summed E-state index contributed by atoms with van der Waals surface area (Å²) in [6.07, 6.45) is 4.09. The normalized spacial score (nSPS) is 13.8. The number of aromatic amines is 2. The Morgan fingerprint density at radius 2 is 1.94 bits per heavy atom. The van der Waals surface area contributed by atoms with Crippen molar-refractivity contribution < 1.29 is 4.79 Å². The minimum atomic E-state index is -0.625. The fourth-order valence-corrected chi connectivity index (χ4v) is 1.81. The predicted octanol–water partition coefficient (Wildman–Crippen LogP) is -0.986. The number of H-pyrrole nitrogens is 2. The number of nitrogens with zero attached hydrogens (tertiary/aromatic N) is 3. The van der Waals surface area contributed by atoms with Gasteiger partial charge in [-0.1, -0.05) is 0 Å². The Hall–Kier alpha value is -2.77. The van der Waals surface area contributed by atoms with Crippen LogP contribution in [0.4, 0.5) is 5.69 Å². The van der Waals surface area contributed by atoms with E-state index in [1.807, 2.05) is 0 Å². The van der Waals surface area contributed by atoms with Crippen molar-refractivity contribution in [2.45, 2.75) is 6.54 Å². The predicted molar refractivity (Wildman–Crippen MR) is 60.2 cm³/mol. The number of hydrogen-bond donors (Lipinski definition) is 2. The molecule has 8 nitrogen and oxygen atoms in total. The highest BCUT2D eigenvalue weighted by Crippen LogP contribution is 2.21. The zero-order valence-electron chi connectivity index (χ0n) is 9.01. The van der Waals surface area contributed by atoms with Crippen LogP contribution in [-0.2, 0) is 6.54 Å². The maximum atomic E-state index is 12.0. The van der Waals surface area contributed by atoms with Crippen LogP contribution in [0.1, 0.15) is 16.2 Å². The number of nitrogens with one attached hydrogen (secondary N) is 2. The van der Waals surface area contributed by atoms with E-state index < -0.39 is 17.2 Å². The molecule has 18 heavy (non-hydrogen) atoms. The highest BCUT2D eigenvalue weighted by atomic mass is 16.2. The van der Waals surface area contributed by atoms with Crippen LogP contribution in [0, 0.1) is 0 Å². The lowest BCUT2D eigenvalue weighted by Crippen LogP contribution is -2.33. The quantitative estimate of drug-likeness (QED) is 0.670. The van der Waals surface area contributed by atoms with Gasteiger partial charge in [0.25, 0.3) is 11.5 Å². The third-order valence-electron chi connectivity index (χ3n) is 2.62. The Morgan fingerprint density at radius 1 is 1.17 bits per heavy atom. The van der Waals surface area contributed by atoms with Gasteiger partial charge in [-0.25, -0.2) is 9.78 Å². The number of anilines is 1. The van der Waals surface area contributed by atoms with Crippen molar-refractivity contribution in [3.8, 4) is 0 Å². The van der Waals surface area contributed by atoms with Crippen molar-refractivity contribution in [3.63, 3.8) is 0 Å². The van der Waals surface area contributed by atoms with Crippen molar-refractivity contribution in [2.24, 2.45) is 0 Å². The molecule has 2 N–H and O–H groups in total. The van der Waals surface area contributed by atoms with Crippen LogP contribution in [-0.4, -0.2) is 25.8 Å². The molecule has 0 aliphatic carbocycles. The lowest BCUT2D eigenvalue weighted by Gasteiger charge is -2.12. The Kier molecular flexibility index (Phi) is 2.09. The van der Waals surface area contributed by atoms with Crippen LogP contribution in [0.25, 0.3) is 0 Å². The van der Waals surface area contributed by atoms with E-state index in [9.17, 15) is 14.4 Å². The molecular formula is C10H7N5O3. The molecule has 3 rings (SSSR count). The molecule has 8 heteroatoms. The molecule has 90 valence electrons. The van der Waals surface area contributed by atoms with Crippen LogP contribution in [0.5, 0.6) is 0 Å². The minimum Gasteiger partial charge on any atom is -0.312 e. The minimum absolute atomic E-state index is 0.0689.